The number of methoxy groups -OCH3 is 2. The molecular formula is C16H24N2O3. The van der Waals surface area contributed by atoms with Crippen molar-refractivity contribution in [3.8, 4) is 5.88 Å². The third-order valence-electron chi connectivity index (χ3n) is 4.00. The number of aromatic nitrogens is 1. The molecule has 1 saturated carbocycles. The molecule has 0 aliphatic heterocycles. The van der Waals surface area contributed by atoms with Crippen molar-refractivity contribution in [1.29, 1.82) is 0 Å². The van der Waals surface area contributed by atoms with Gasteiger partial charge in [-0.15, -0.1) is 0 Å². The van der Waals surface area contributed by atoms with E-state index in [1.165, 1.54) is 32.8 Å². The number of pyridine rings is 1. The lowest BCUT2D eigenvalue weighted by Crippen LogP contribution is -2.37. The highest BCUT2D eigenvalue weighted by Gasteiger charge is 2.25. The first kappa shape index (κ1) is 15.8. The van der Waals surface area contributed by atoms with Crippen molar-refractivity contribution in [3.63, 3.8) is 0 Å². The number of rotatable bonds is 5. The predicted octanol–water partition coefficient (Wildman–Crippen LogP) is 2.62. The largest absolute Gasteiger partial charge is 0.481 e. The maximum absolute atomic E-state index is 12.1. The van der Waals surface area contributed by atoms with E-state index in [0.717, 1.165) is 18.4 Å². The molecule has 0 amide bonds. The Bertz CT molecular complexity index is 439. The molecule has 1 aromatic rings. The molecule has 1 fully saturated rings. The molecule has 1 atom stereocenters. The van der Waals surface area contributed by atoms with Gasteiger partial charge in [0.15, 0.2) is 0 Å². The number of hydrogen-bond donors (Lipinski definition) is 1. The average Bonchev–Trinajstić information content (AvgIpc) is 2.80. The van der Waals surface area contributed by atoms with E-state index in [9.17, 15) is 4.79 Å². The lowest BCUT2D eigenvalue weighted by molar-refractivity contribution is -0.143. The van der Waals surface area contributed by atoms with Gasteiger partial charge in [-0.05, 0) is 24.5 Å². The number of esters is 1. The molecule has 1 aliphatic carbocycles. The fourth-order valence-corrected chi connectivity index (χ4v) is 2.78. The molecule has 0 saturated heterocycles. The highest BCUT2D eigenvalue weighted by Crippen LogP contribution is 2.22. The maximum atomic E-state index is 12.1. The molecule has 0 aromatic carbocycles. The van der Waals surface area contributed by atoms with Crippen molar-refractivity contribution >= 4 is 5.97 Å². The highest BCUT2D eigenvalue weighted by molar-refractivity contribution is 5.77. The predicted molar refractivity (Wildman–Crippen MR) is 80.2 cm³/mol. The van der Waals surface area contributed by atoms with Crippen molar-refractivity contribution in [1.82, 2.24) is 10.3 Å². The van der Waals surface area contributed by atoms with Gasteiger partial charge in [-0.3, -0.25) is 5.32 Å². The van der Waals surface area contributed by atoms with Crippen LogP contribution in [-0.2, 0) is 9.53 Å². The summed E-state index contributed by atoms with van der Waals surface area (Å²) in [4.78, 5) is 16.3. The number of nitrogens with zero attached hydrogens (tertiary/aromatic N) is 1. The molecule has 21 heavy (non-hydrogen) atoms. The third kappa shape index (κ3) is 4.43. The second-order valence-corrected chi connectivity index (χ2v) is 5.45. The van der Waals surface area contributed by atoms with Crippen LogP contribution in [0.2, 0.25) is 0 Å². The summed E-state index contributed by atoms with van der Waals surface area (Å²) in [5.41, 5.74) is 0.812. The lowest BCUT2D eigenvalue weighted by Gasteiger charge is -2.23. The van der Waals surface area contributed by atoms with E-state index in [1.54, 1.807) is 19.4 Å². The number of ether oxygens (including phenoxy) is 2. The van der Waals surface area contributed by atoms with Crippen LogP contribution in [0.4, 0.5) is 0 Å². The van der Waals surface area contributed by atoms with Crippen molar-refractivity contribution < 1.29 is 14.3 Å². The maximum Gasteiger partial charge on any atom is 0.327 e. The molecular weight excluding hydrogens is 268 g/mol. The van der Waals surface area contributed by atoms with Gasteiger partial charge < -0.3 is 9.47 Å². The molecule has 1 unspecified atom stereocenters. The van der Waals surface area contributed by atoms with Gasteiger partial charge in [0.1, 0.15) is 6.04 Å². The van der Waals surface area contributed by atoms with E-state index in [-0.39, 0.29) is 5.97 Å². The van der Waals surface area contributed by atoms with Gasteiger partial charge >= 0.3 is 5.97 Å². The van der Waals surface area contributed by atoms with Gasteiger partial charge in [0.2, 0.25) is 5.88 Å². The molecule has 0 bridgehead atoms. The minimum atomic E-state index is -0.462. The molecule has 116 valence electrons. The smallest absolute Gasteiger partial charge is 0.327 e. The van der Waals surface area contributed by atoms with Crippen molar-refractivity contribution in [2.24, 2.45) is 0 Å². The van der Waals surface area contributed by atoms with Crippen LogP contribution >= 0.6 is 0 Å². The Morgan fingerprint density at radius 3 is 2.48 bits per heavy atom. The van der Waals surface area contributed by atoms with Crippen LogP contribution in [0.1, 0.15) is 50.1 Å². The summed E-state index contributed by atoms with van der Waals surface area (Å²) in [5.74, 6) is 0.267. The monoisotopic (exact) mass is 292 g/mol. The molecule has 0 spiro atoms. The highest BCUT2D eigenvalue weighted by atomic mass is 16.5. The van der Waals surface area contributed by atoms with Crippen LogP contribution in [0.3, 0.4) is 0 Å². The Hall–Kier alpha value is -1.62. The van der Waals surface area contributed by atoms with E-state index in [2.05, 4.69) is 10.3 Å². The van der Waals surface area contributed by atoms with Gasteiger partial charge in [0.25, 0.3) is 0 Å². The van der Waals surface area contributed by atoms with Crippen molar-refractivity contribution in [3.05, 3.63) is 23.9 Å². The Labute approximate surface area is 126 Å². The molecule has 2 rings (SSSR count). The van der Waals surface area contributed by atoms with Crippen LogP contribution in [-0.4, -0.2) is 31.2 Å². The van der Waals surface area contributed by atoms with Crippen LogP contribution < -0.4 is 10.1 Å². The van der Waals surface area contributed by atoms with Crippen molar-refractivity contribution in [2.45, 2.75) is 50.6 Å². The standard InChI is InChI=1S/C16H24N2O3/c1-20-14-10-9-12(11-17-14)15(16(19)21-2)18-13-7-5-3-4-6-8-13/h9-11,13,15,18H,3-8H2,1-2H3. The number of hydrogen-bond acceptors (Lipinski definition) is 5. The lowest BCUT2D eigenvalue weighted by atomic mass is 10.0. The fraction of sp³-hybridized carbons (Fsp3) is 0.625. The second-order valence-electron chi connectivity index (χ2n) is 5.45. The van der Waals surface area contributed by atoms with E-state index in [1.807, 2.05) is 6.07 Å². The summed E-state index contributed by atoms with van der Waals surface area (Å²) in [6.07, 6.45) is 8.88. The van der Waals surface area contributed by atoms with Gasteiger partial charge in [0.05, 0.1) is 14.2 Å². The SMILES string of the molecule is COC(=O)C(NC1CCCCCC1)c1ccc(OC)nc1. The van der Waals surface area contributed by atoms with Crippen molar-refractivity contribution in [2.75, 3.05) is 14.2 Å². The van der Waals surface area contributed by atoms with Crippen LogP contribution in [0.15, 0.2) is 18.3 Å². The zero-order valence-electron chi connectivity index (χ0n) is 12.8. The summed E-state index contributed by atoms with van der Waals surface area (Å²) >= 11 is 0. The molecule has 5 nitrogen and oxygen atoms in total. The summed E-state index contributed by atoms with van der Waals surface area (Å²) < 4.78 is 9.99. The molecule has 5 heteroatoms. The summed E-state index contributed by atoms with van der Waals surface area (Å²) in [6.45, 7) is 0. The summed E-state index contributed by atoms with van der Waals surface area (Å²) in [5, 5.41) is 3.45. The number of carbonyl (C=O) groups is 1. The van der Waals surface area contributed by atoms with Gasteiger partial charge in [0, 0.05) is 18.3 Å². The Morgan fingerprint density at radius 1 is 1.24 bits per heavy atom. The minimum Gasteiger partial charge on any atom is -0.481 e. The first-order valence-electron chi connectivity index (χ1n) is 7.58. The average molecular weight is 292 g/mol. The molecule has 0 radical (unpaired) electrons. The second kappa shape index (κ2) is 7.98. The van der Waals surface area contributed by atoms with Crippen LogP contribution in [0.5, 0.6) is 5.88 Å². The fourth-order valence-electron chi connectivity index (χ4n) is 2.78. The summed E-state index contributed by atoms with van der Waals surface area (Å²) in [7, 11) is 2.99. The van der Waals surface area contributed by atoms with E-state index < -0.39 is 6.04 Å². The zero-order chi connectivity index (χ0) is 15.1. The first-order valence-corrected chi connectivity index (χ1v) is 7.58. The quantitative estimate of drug-likeness (QED) is 0.668. The van der Waals surface area contributed by atoms with Crippen LogP contribution in [0, 0.1) is 0 Å². The minimum absolute atomic E-state index is 0.272. The number of nitrogens with one attached hydrogen (secondary N) is 1. The molecule has 1 aliphatic rings. The van der Waals surface area contributed by atoms with E-state index >= 15 is 0 Å². The topological polar surface area (TPSA) is 60.5 Å². The molecule has 1 aromatic heterocycles. The van der Waals surface area contributed by atoms with Gasteiger partial charge in [-0.2, -0.15) is 0 Å². The third-order valence-corrected chi connectivity index (χ3v) is 4.00. The van der Waals surface area contributed by atoms with E-state index in [0.29, 0.717) is 11.9 Å². The zero-order valence-corrected chi connectivity index (χ0v) is 12.8. The van der Waals surface area contributed by atoms with Gasteiger partial charge in [-0.1, -0.05) is 25.7 Å². The molecule has 1 N–H and O–H groups in total. The molecule has 1 heterocycles. The number of carbonyl (C=O) groups excluding carboxylic acids is 1. The normalized spacial score (nSPS) is 17.8. The Morgan fingerprint density at radius 2 is 1.95 bits per heavy atom. The first-order chi connectivity index (χ1) is 10.2. The Kier molecular flexibility index (Phi) is 5.99. The van der Waals surface area contributed by atoms with E-state index in [4.69, 9.17) is 9.47 Å². The van der Waals surface area contributed by atoms with Gasteiger partial charge in [-0.25, -0.2) is 9.78 Å². The Balaban J connectivity index is 2.10. The summed E-state index contributed by atoms with van der Waals surface area (Å²) in [6, 6.07) is 3.52. The van der Waals surface area contributed by atoms with Crippen LogP contribution in [0.25, 0.3) is 0 Å².